The number of terminal acetylenes is 1. The highest BCUT2D eigenvalue weighted by Crippen LogP contribution is 2.57. The van der Waals surface area contributed by atoms with Gasteiger partial charge in [0.2, 0.25) is 0 Å². The van der Waals surface area contributed by atoms with E-state index < -0.39 is 53.5 Å². The predicted molar refractivity (Wildman–Crippen MR) is 108 cm³/mol. The van der Waals surface area contributed by atoms with Gasteiger partial charge in [0.1, 0.15) is 11.8 Å². The van der Waals surface area contributed by atoms with Crippen LogP contribution in [-0.4, -0.2) is 59.7 Å². The number of carboxylic acids is 1. The normalized spacial score (nSPS) is 28.1. The molecule has 3 rings (SSSR count). The molecule has 4 N–H and O–H groups in total. The number of carbonyl (C=O) groups excluding carboxylic acids is 1. The number of alkyl halides is 1. The van der Waals surface area contributed by atoms with Crippen LogP contribution >= 0.6 is 0 Å². The molecule has 0 radical (unpaired) electrons. The van der Waals surface area contributed by atoms with Crippen LogP contribution in [0.2, 0.25) is 0 Å². The molecule has 1 aliphatic heterocycles. The van der Waals surface area contributed by atoms with Crippen LogP contribution in [0.3, 0.4) is 0 Å². The number of aromatic nitrogens is 4. The van der Waals surface area contributed by atoms with Crippen molar-refractivity contribution in [2.45, 2.75) is 45.4 Å². The fourth-order valence-corrected chi connectivity index (χ4v) is 3.95. The lowest BCUT2D eigenvalue weighted by molar-refractivity contribution is -0.219. The summed E-state index contributed by atoms with van der Waals surface area (Å²) in [4.78, 5) is 35.9. The molecule has 3 heterocycles. The highest BCUT2D eigenvalue weighted by molar-refractivity contribution is 5.81. The Morgan fingerprint density at radius 1 is 1.44 bits per heavy atom. The monoisotopic (exact) mass is 449 g/mol. The summed E-state index contributed by atoms with van der Waals surface area (Å²) in [5.41, 5.74) is 1.56. The number of imidazole rings is 1. The number of hydrogen-bond acceptors (Lipinski definition) is 9. The maximum atomic E-state index is 16.4. The van der Waals surface area contributed by atoms with Gasteiger partial charge in [-0.05, 0) is 13.8 Å². The van der Waals surface area contributed by atoms with E-state index >= 15 is 4.39 Å². The van der Waals surface area contributed by atoms with E-state index in [1.807, 2.05) is 0 Å². The first-order valence-electron chi connectivity index (χ1n) is 9.69. The number of aliphatic carboxylic acids is 1. The zero-order chi connectivity index (χ0) is 24.1. The third-order valence-corrected chi connectivity index (χ3v) is 5.58. The summed E-state index contributed by atoms with van der Waals surface area (Å²) < 4.78 is 28.1. The third kappa shape index (κ3) is 3.43. The van der Waals surface area contributed by atoms with Gasteiger partial charge in [-0.15, -0.1) is 6.42 Å². The van der Waals surface area contributed by atoms with Gasteiger partial charge in [0.05, 0.1) is 23.6 Å². The van der Waals surface area contributed by atoms with E-state index in [1.165, 1.54) is 20.2 Å². The van der Waals surface area contributed by atoms with Crippen molar-refractivity contribution in [3.05, 3.63) is 12.7 Å². The quantitative estimate of drug-likeness (QED) is 0.426. The lowest BCUT2D eigenvalue weighted by atomic mass is 9.67. The number of halogens is 1. The number of nitrogen functional groups attached to an aromatic ring is 1. The van der Waals surface area contributed by atoms with Crippen molar-refractivity contribution in [3.63, 3.8) is 0 Å². The first kappa shape index (κ1) is 23.4. The zero-order valence-electron chi connectivity index (χ0n) is 17.9. The number of aliphatic hydroxyl groups is 1. The second-order valence-electron chi connectivity index (χ2n) is 8.53. The molecule has 0 aliphatic carbocycles. The maximum Gasteiger partial charge on any atom is 0.309 e. The Morgan fingerprint density at radius 2 is 2.09 bits per heavy atom. The van der Waals surface area contributed by atoms with E-state index in [9.17, 15) is 19.8 Å². The first-order valence-corrected chi connectivity index (χ1v) is 9.69. The predicted octanol–water partition coefficient (Wildman–Crippen LogP) is 0.894. The Hall–Kier alpha value is -3.30. The SMILES string of the molecule is C#C[C@@]1(O)[C@H](n2cnc3c(N)ncnc32)O[C@@](F)(COC(=O)C(C)C)[C@H]1C(C)(C)C(=O)O. The number of nitrogens with zero attached hydrogens (tertiary/aromatic N) is 4. The number of carboxylic acid groups (broad SMARTS) is 1. The van der Waals surface area contributed by atoms with Crippen molar-refractivity contribution < 1.29 is 33.7 Å². The molecule has 0 aromatic carbocycles. The number of ether oxygens (including phenoxy) is 2. The minimum absolute atomic E-state index is 0.0239. The molecule has 1 saturated heterocycles. The van der Waals surface area contributed by atoms with Crippen LogP contribution in [0.1, 0.15) is 33.9 Å². The number of esters is 1. The molecule has 2 aromatic heterocycles. The third-order valence-electron chi connectivity index (χ3n) is 5.58. The van der Waals surface area contributed by atoms with Crippen LogP contribution in [0.15, 0.2) is 12.7 Å². The van der Waals surface area contributed by atoms with E-state index in [0.29, 0.717) is 0 Å². The summed E-state index contributed by atoms with van der Waals surface area (Å²) in [6, 6.07) is 0. The molecule has 32 heavy (non-hydrogen) atoms. The summed E-state index contributed by atoms with van der Waals surface area (Å²) in [5.74, 6) is -5.46. The number of rotatable bonds is 6. The van der Waals surface area contributed by atoms with Gasteiger partial charge in [-0.1, -0.05) is 19.8 Å². The molecule has 172 valence electrons. The van der Waals surface area contributed by atoms with Gasteiger partial charge in [-0.2, -0.15) is 0 Å². The number of carbonyl (C=O) groups is 2. The van der Waals surface area contributed by atoms with Gasteiger partial charge < -0.3 is 25.4 Å². The average Bonchev–Trinajstić information content (AvgIpc) is 3.24. The van der Waals surface area contributed by atoms with Crippen LogP contribution in [0.5, 0.6) is 0 Å². The van der Waals surface area contributed by atoms with Crippen molar-refractivity contribution >= 4 is 28.9 Å². The van der Waals surface area contributed by atoms with Gasteiger partial charge in [-0.3, -0.25) is 14.2 Å². The van der Waals surface area contributed by atoms with Crippen LogP contribution in [0, 0.1) is 29.6 Å². The highest BCUT2D eigenvalue weighted by Gasteiger charge is 2.71. The van der Waals surface area contributed by atoms with Crippen molar-refractivity contribution in [2.24, 2.45) is 17.3 Å². The molecule has 1 fully saturated rings. The molecular weight excluding hydrogens is 425 g/mol. The Balaban J connectivity index is 2.17. The number of hydrogen-bond donors (Lipinski definition) is 3. The van der Waals surface area contributed by atoms with Gasteiger partial charge in [0.15, 0.2) is 29.9 Å². The molecule has 2 aromatic rings. The summed E-state index contributed by atoms with van der Waals surface area (Å²) in [6.45, 7) is 4.49. The molecule has 11 nitrogen and oxygen atoms in total. The zero-order valence-corrected chi connectivity index (χ0v) is 17.9. The Kier molecular flexibility index (Phi) is 5.61. The molecule has 0 amide bonds. The van der Waals surface area contributed by atoms with Crippen LogP contribution in [0.4, 0.5) is 10.2 Å². The van der Waals surface area contributed by atoms with Crippen LogP contribution in [0.25, 0.3) is 11.2 Å². The summed E-state index contributed by atoms with van der Waals surface area (Å²) in [6.07, 6.45) is 6.24. The van der Waals surface area contributed by atoms with Gasteiger partial charge in [0, 0.05) is 0 Å². The minimum atomic E-state index is -2.96. The molecule has 1 aliphatic rings. The Bertz CT molecular complexity index is 1110. The van der Waals surface area contributed by atoms with E-state index in [-0.39, 0.29) is 17.0 Å². The highest BCUT2D eigenvalue weighted by atomic mass is 19.2. The summed E-state index contributed by atoms with van der Waals surface area (Å²) in [7, 11) is 0. The first-order chi connectivity index (χ1) is 14.8. The minimum Gasteiger partial charge on any atom is -0.481 e. The molecule has 0 bridgehead atoms. The smallest absolute Gasteiger partial charge is 0.309 e. The standard InChI is InChI=1S/C20H24FN5O6/c1-6-19(30)15(18(4,5)17(28)29)20(21,7-31-14(27)10(2)3)32-16(19)26-9-25-11-12(22)23-8-24-13(11)26/h1,8-10,15-16,30H,7H2,2-5H3,(H,28,29)(H2,22,23,24)/t15-,16+,19-,20-/m0/s1. The van der Waals surface area contributed by atoms with E-state index in [1.54, 1.807) is 13.8 Å². The van der Waals surface area contributed by atoms with Gasteiger partial charge >= 0.3 is 11.9 Å². The topological polar surface area (TPSA) is 163 Å². The largest absolute Gasteiger partial charge is 0.481 e. The van der Waals surface area contributed by atoms with Crippen molar-refractivity contribution in [2.75, 3.05) is 12.3 Å². The van der Waals surface area contributed by atoms with Crippen molar-refractivity contribution in [3.8, 4) is 12.3 Å². The molecular formula is C20H24FN5O6. The summed E-state index contributed by atoms with van der Waals surface area (Å²) in [5, 5.41) is 21.3. The molecule has 4 atom stereocenters. The number of nitrogens with two attached hydrogens (primary N) is 1. The van der Waals surface area contributed by atoms with Crippen LogP contribution in [-0.2, 0) is 19.1 Å². The fraction of sp³-hybridized carbons (Fsp3) is 0.550. The molecule has 0 unspecified atom stereocenters. The fourth-order valence-electron chi connectivity index (χ4n) is 3.95. The lowest BCUT2D eigenvalue weighted by Crippen LogP contribution is -2.55. The number of anilines is 1. The summed E-state index contributed by atoms with van der Waals surface area (Å²) >= 11 is 0. The lowest BCUT2D eigenvalue weighted by Gasteiger charge is -2.39. The maximum absolute atomic E-state index is 16.4. The second kappa shape index (κ2) is 7.68. The molecule has 12 heteroatoms. The van der Waals surface area contributed by atoms with Crippen molar-refractivity contribution in [1.82, 2.24) is 19.5 Å². The van der Waals surface area contributed by atoms with E-state index in [4.69, 9.17) is 21.6 Å². The van der Waals surface area contributed by atoms with Crippen molar-refractivity contribution in [1.29, 1.82) is 0 Å². The van der Waals surface area contributed by atoms with Crippen LogP contribution < -0.4 is 5.73 Å². The Morgan fingerprint density at radius 3 is 2.66 bits per heavy atom. The molecule has 0 spiro atoms. The molecule has 0 saturated carbocycles. The second-order valence-corrected chi connectivity index (χ2v) is 8.53. The average molecular weight is 449 g/mol. The van der Waals surface area contributed by atoms with E-state index in [2.05, 4.69) is 20.9 Å². The Labute approximate surface area is 182 Å². The van der Waals surface area contributed by atoms with Gasteiger partial charge in [-0.25, -0.2) is 19.3 Å². The number of fused-ring (bicyclic) bond motifs is 1. The van der Waals surface area contributed by atoms with Gasteiger partial charge in [0.25, 0.3) is 5.85 Å². The van der Waals surface area contributed by atoms with E-state index in [0.717, 1.165) is 10.9 Å².